The first-order chi connectivity index (χ1) is 17.1. The molecule has 1 aromatic carbocycles. The Kier molecular flexibility index (Phi) is 7.70. The summed E-state index contributed by atoms with van der Waals surface area (Å²) in [5, 5.41) is 34.9. The average molecular weight is 517 g/mol. The van der Waals surface area contributed by atoms with Gasteiger partial charge in [0.05, 0.1) is 12.9 Å². The summed E-state index contributed by atoms with van der Waals surface area (Å²) in [6, 6.07) is 8.94. The van der Waals surface area contributed by atoms with E-state index >= 15 is 0 Å². The van der Waals surface area contributed by atoms with Crippen molar-refractivity contribution in [3.8, 4) is 0 Å². The van der Waals surface area contributed by atoms with Gasteiger partial charge in [0.2, 0.25) is 5.47 Å². The number of nitrogens with one attached hydrogen (secondary N) is 1. The fourth-order valence-electron chi connectivity index (χ4n) is 4.94. The number of rotatable bonds is 8. The van der Waals surface area contributed by atoms with E-state index < -0.39 is 38.5 Å². The van der Waals surface area contributed by atoms with Crippen LogP contribution in [-0.2, 0) is 10.2 Å². The number of imidazole rings is 1. The molecule has 0 aliphatic carbocycles. The summed E-state index contributed by atoms with van der Waals surface area (Å²) in [5.41, 5.74) is -0.381. The fraction of sp³-hybridized carbons (Fsp3) is 0.500. The zero-order valence-corrected chi connectivity index (χ0v) is 21.9. The molecule has 5 atom stereocenters. The van der Waals surface area contributed by atoms with E-state index in [2.05, 4.69) is 52.6 Å². The van der Waals surface area contributed by atoms with Gasteiger partial charge in [-0.15, -0.1) is 0 Å². The van der Waals surface area contributed by atoms with Gasteiger partial charge in [-0.3, -0.25) is 14.0 Å². The van der Waals surface area contributed by atoms with E-state index in [9.17, 15) is 20.1 Å². The van der Waals surface area contributed by atoms with E-state index in [1.807, 2.05) is 12.7 Å². The molecule has 0 bridgehead atoms. The molecule has 194 valence electrons. The minimum atomic E-state index is -1.47. The molecule has 2 aromatic heterocycles. The van der Waals surface area contributed by atoms with E-state index in [0.29, 0.717) is 16.7 Å². The van der Waals surface area contributed by atoms with Gasteiger partial charge in [0.15, 0.2) is 17.0 Å². The van der Waals surface area contributed by atoms with Crippen molar-refractivity contribution in [1.82, 2.24) is 24.2 Å². The summed E-state index contributed by atoms with van der Waals surface area (Å²) in [7, 11) is -1.33. The normalized spacial score (nSPS) is 25.2. The second-order valence-electron chi connectivity index (χ2n) is 9.35. The number of fused-ring (bicyclic) bond motifs is 1. The van der Waals surface area contributed by atoms with Crippen LogP contribution in [0.3, 0.4) is 0 Å². The first-order valence-electron chi connectivity index (χ1n) is 11.8. The van der Waals surface area contributed by atoms with Crippen LogP contribution in [0.1, 0.15) is 38.1 Å². The van der Waals surface area contributed by atoms with Crippen LogP contribution in [0, 0.1) is 0 Å². The number of hydrogen-bond donors (Lipinski definition) is 4. The van der Waals surface area contributed by atoms with Crippen molar-refractivity contribution in [3.63, 3.8) is 0 Å². The molecule has 3 heterocycles. The highest BCUT2D eigenvalue weighted by Gasteiger charge is 2.60. The number of carbonyl (C=O) groups is 1. The van der Waals surface area contributed by atoms with E-state index in [-0.39, 0.29) is 23.8 Å². The maximum atomic E-state index is 12.8. The highest BCUT2D eigenvalue weighted by Crippen LogP contribution is 2.61. The molecule has 36 heavy (non-hydrogen) atoms. The number of hydrogen-bond acceptors (Lipinski definition) is 9. The highest BCUT2D eigenvalue weighted by atomic mass is 31.1. The van der Waals surface area contributed by atoms with E-state index in [4.69, 9.17) is 4.74 Å². The molecule has 11 nitrogen and oxygen atoms in total. The molecular weight excluding hydrogens is 483 g/mol. The Morgan fingerprint density at radius 1 is 1.17 bits per heavy atom. The van der Waals surface area contributed by atoms with Crippen LogP contribution in [0.5, 0.6) is 0 Å². The molecule has 1 unspecified atom stereocenters. The Bertz CT molecular complexity index is 1200. The molecule has 1 aliphatic rings. The summed E-state index contributed by atoms with van der Waals surface area (Å²) in [4.78, 5) is 25.9. The maximum absolute atomic E-state index is 12.8. The van der Waals surface area contributed by atoms with Crippen LogP contribution in [0.15, 0.2) is 43.0 Å². The van der Waals surface area contributed by atoms with Gasteiger partial charge < -0.3 is 25.4 Å². The summed E-state index contributed by atoms with van der Waals surface area (Å²) >= 11 is 0. The van der Waals surface area contributed by atoms with Gasteiger partial charge in [0.25, 0.3) is 5.91 Å². The third-order valence-corrected chi connectivity index (χ3v) is 9.54. The number of aliphatic hydroxyl groups excluding tert-OH is 3. The molecular formula is C24H33N6O5P. The second kappa shape index (κ2) is 10.5. The predicted molar refractivity (Wildman–Crippen MR) is 137 cm³/mol. The number of nitrogens with zero attached hydrogens (tertiary/aromatic N) is 5. The second-order valence-corrected chi connectivity index (χ2v) is 11.5. The first-order valence-corrected chi connectivity index (χ1v) is 13.6. The maximum Gasteiger partial charge on any atom is 0.256 e. The van der Waals surface area contributed by atoms with Crippen molar-refractivity contribution in [2.45, 2.75) is 63.6 Å². The van der Waals surface area contributed by atoms with E-state index in [1.54, 1.807) is 28.8 Å². The molecule has 1 amide bonds. The molecule has 4 N–H and O–H groups in total. The molecule has 1 saturated heterocycles. The SMILES string of the molecule is CC(C)N(C(C)C)P(C)[C@@]1(n2cnc3c(NC(=O)c4ccccc4)ncnc32)O[C@H](CO)[C@@H](O)[C@H]1O. The monoisotopic (exact) mass is 516 g/mol. The Morgan fingerprint density at radius 3 is 2.42 bits per heavy atom. The van der Waals surface area contributed by atoms with Crippen molar-refractivity contribution < 1.29 is 24.9 Å². The lowest BCUT2D eigenvalue weighted by molar-refractivity contribution is -0.0859. The first kappa shape index (κ1) is 26.5. The van der Waals surface area contributed by atoms with Gasteiger partial charge in [-0.2, -0.15) is 0 Å². The number of amides is 1. The topological polar surface area (TPSA) is 146 Å². The zero-order valence-electron chi connectivity index (χ0n) is 21.0. The quantitative estimate of drug-likeness (QED) is 0.330. The van der Waals surface area contributed by atoms with E-state index in [0.717, 1.165) is 0 Å². The fourth-order valence-corrected chi connectivity index (χ4v) is 7.94. The van der Waals surface area contributed by atoms with Crippen molar-refractivity contribution in [2.75, 3.05) is 18.6 Å². The molecule has 0 radical (unpaired) electrons. The van der Waals surface area contributed by atoms with Crippen molar-refractivity contribution in [1.29, 1.82) is 0 Å². The number of benzene rings is 1. The van der Waals surface area contributed by atoms with Gasteiger partial charge in [-0.1, -0.05) is 18.2 Å². The number of aliphatic hydroxyl groups is 3. The number of ether oxygens (including phenoxy) is 1. The van der Waals surface area contributed by atoms with Crippen LogP contribution < -0.4 is 5.32 Å². The zero-order chi connectivity index (χ0) is 26.2. The Balaban J connectivity index is 1.84. The van der Waals surface area contributed by atoms with Gasteiger partial charge in [-0.05, 0) is 46.5 Å². The lowest BCUT2D eigenvalue weighted by atomic mass is 10.1. The Labute approximate surface area is 211 Å². The smallest absolute Gasteiger partial charge is 0.256 e. The number of anilines is 1. The summed E-state index contributed by atoms with van der Waals surface area (Å²) < 4.78 is 10.1. The minimum Gasteiger partial charge on any atom is -0.394 e. The minimum absolute atomic E-state index is 0.101. The Hall–Kier alpha value is -2.53. The summed E-state index contributed by atoms with van der Waals surface area (Å²) in [5.74, 6) is -0.143. The lowest BCUT2D eigenvalue weighted by Gasteiger charge is -2.47. The molecule has 0 spiro atoms. The molecule has 12 heteroatoms. The van der Waals surface area contributed by atoms with Gasteiger partial charge >= 0.3 is 0 Å². The largest absolute Gasteiger partial charge is 0.394 e. The summed E-state index contributed by atoms with van der Waals surface area (Å²) in [6.45, 7) is 9.72. The van der Waals surface area contributed by atoms with Gasteiger partial charge in [0.1, 0.15) is 24.6 Å². The molecule has 0 saturated carbocycles. The standard InChI is InChI=1S/C24H33N6O5P/c1-14(2)30(15(3)4)36(5)24(20(33)19(32)17(11-31)35-24)29-13-27-18-21(25-12-26-22(18)29)28-23(34)16-9-7-6-8-10-16/h6-10,12-15,17,19-20,31-33H,11H2,1-5H3,(H,25,26,28,34)/t17-,19-,20-,24+,36?/m1/s1. The van der Waals surface area contributed by atoms with Crippen LogP contribution in [0.25, 0.3) is 11.2 Å². The number of carbonyl (C=O) groups excluding carboxylic acids is 1. The Morgan fingerprint density at radius 2 is 1.83 bits per heavy atom. The van der Waals surface area contributed by atoms with Crippen LogP contribution in [0.2, 0.25) is 0 Å². The predicted octanol–water partition coefficient (Wildman–Crippen LogP) is 1.95. The van der Waals surface area contributed by atoms with Gasteiger partial charge in [0, 0.05) is 25.7 Å². The molecule has 1 fully saturated rings. The van der Waals surface area contributed by atoms with Crippen LogP contribution >= 0.6 is 8.07 Å². The summed E-state index contributed by atoms with van der Waals surface area (Å²) in [6.07, 6.45) is -0.914. The highest BCUT2D eigenvalue weighted by molar-refractivity contribution is 7.55. The van der Waals surface area contributed by atoms with Crippen molar-refractivity contribution in [3.05, 3.63) is 48.5 Å². The van der Waals surface area contributed by atoms with E-state index in [1.165, 1.54) is 12.7 Å². The molecule has 3 aromatic rings. The van der Waals surface area contributed by atoms with Crippen molar-refractivity contribution in [2.24, 2.45) is 0 Å². The molecule has 1 aliphatic heterocycles. The van der Waals surface area contributed by atoms with Crippen LogP contribution in [0.4, 0.5) is 5.82 Å². The average Bonchev–Trinajstić information content (AvgIpc) is 3.40. The lowest BCUT2D eigenvalue weighted by Crippen LogP contribution is -2.49. The third-order valence-electron chi connectivity index (χ3n) is 6.41. The molecule has 4 rings (SSSR count). The van der Waals surface area contributed by atoms with Crippen molar-refractivity contribution >= 4 is 31.0 Å². The van der Waals surface area contributed by atoms with Gasteiger partial charge in [-0.25, -0.2) is 15.0 Å². The third kappa shape index (κ3) is 4.40. The van der Waals surface area contributed by atoms with Crippen LogP contribution in [-0.4, -0.2) is 89.1 Å². The number of aromatic nitrogens is 4.